The first-order valence-corrected chi connectivity index (χ1v) is 5.72. The number of aromatic nitrogens is 1. The SMILES string of the molecule is Cc1noc(C)c1CC(=O)N(C)C(C)CC(=O)O. The van der Waals surface area contributed by atoms with Gasteiger partial charge in [0, 0.05) is 18.7 Å². The molecule has 0 radical (unpaired) electrons. The van der Waals surface area contributed by atoms with Crippen molar-refractivity contribution in [1.82, 2.24) is 10.1 Å². The van der Waals surface area contributed by atoms with Gasteiger partial charge in [-0.2, -0.15) is 0 Å². The molecule has 1 amide bonds. The highest BCUT2D eigenvalue weighted by atomic mass is 16.5. The number of carbonyl (C=O) groups excluding carboxylic acids is 1. The molecule has 0 saturated carbocycles. The molecule has 6 nitrogen and oxygen atoms in total. The van der Waals surface area contributed by atoms with E-state index in [-0.39, 0.29) is 24.8 Å². The maximum atomic E-state index is 12.0. The van der Waals surface area contributed by atoms with E-state index >= 15 is 0 Å². The quantitative estimate of drug-likeness (QED) is 0.852. The second-order valence-electron chi connectivity index (χ2n) is 4.43. The number of hydrogen-bond donors (Lipinski definition) is 1. The van der Waals surface area contributed by atoms with E-state index in [1.165, 1.54) is 4.90 Å². The highest BCUT2D eigenvalue weighted by Crippen LogP contribution is 2.14. The van der Waals surface area contributed by atoms with Gasteiger partial charge in [-0.3, -0.25) is 9.59 Å². The van der Waals surface area contributed by atoms with E-state index in [2.05, 4.69) is 5.16 Å². The lowest BCUT2D eigenvalue weighted by molar-refractivity contribution is -0.139. The van der Waals surface area contributed by atoms with Gasteiger partial charge < -0.3 is 14.5 Å². The Bertz CT molecular complexity index is 433. The molecule has 0 bridgehead atoms. The lowest BCUT2D eigenvalue weighted by atomic mass is 10.1. The average Bonchev–Trinajstić information content (AvgIpc) is 2.58. The normalized spacial score (nSPS) is 12.2. The molecular formula is C12H18N2O4. The van der Waals surface area contributed by atoms with Crippen LogP contribution in [0.2, 0.25) is 0 Å². The molecule has 100 valence electrons. The van der Waals surface area contributed by atoms with E-state index in [9.17, 15) is 9.59 Å². The van der Waals surface area contributed by atoms with Gasteiger partial charge in [-0.15, -0.1) is 0 Å². The molecular weight excluding hydrogens is 236 g/mol. The van der Waals surface area contributed by atoms with Crippen molar-refractivity contribution in [2.45, 2.75) is 39.7 Å². The number of likely N-dealkylation sites (N-methyl/N-ethyl adjacent to an activating group) is 1. The second-order valence-corrected chi connectivity index (χ2v) is 4.43. The summed E-state index contributed by atoms with van der Waals surface area (Å²) >= 11 is 0. The lowest BCUT2D eigenvalue weighted by Crippen LogP contribution is -2.37. The molecule has 1 N–H and O–H groups in total. The van der Waals surface area contributed by atoms with Gasteiger partial charge >= 0.3 is 5.97 Å². The Morgan fingerprint density at radius 2 is 2.06 bits per heavy atom. The number of nitrogens with zero attached hydrogens (tertiary/aromatic N) is 2. The number of carboxylic acid groups (broad SMARTS) is 1. The van der Waals surface area contributed by atoms with Crippen molar-refractivity contribution >= 4 is 11.9 Å². The van der Waals surface area contributed by atoms with Crippen LogP contribution in [0, 0.1) is 13.8 Å². The van der Waals surface area contributed by atoms with Gasteiger partial charge in [0.2, 0.25) is 5.91 Å². The topological polar surface area (TPSA) is 83.6 Å². The summed E-state index contributed by atoms with van der Waals surface area (Å²) in [5.74, 6) is -0.433. The fourth-order valence-electron chi connectivity index (χ4n) is 1.67. The number of aryl methyl sites for hydroxylation is 2. The van der Waals surface area contributed by atoms with Crippen molar-refractivity contribution in [3.05, 3.63) is 17.0 Å². The van der Waals surface area contributed by atoms with E-state index in [4.69, 9.17) is 9.63 Å². The zero-order chi connectivity index (χ0) is 13.9. The number of carboxylic acids is 1. The van der Waals surface area contributed by atoms with Crippen molar-refractivity contribution < 1.29 is 19.2 Å². The standard InChI is InChI=1S/C12H18N2O4/c1-7(5-12(16)17)14(4)11(15)6-10-8(2)13-18-9(10)3/h7H,5-6H2,1-4H3,(H,16,17). The minimum absolute atomic E-state index is 0.0656. The Kier molecular flexibility index (Phi) is 4.47. The van der Waals surface area contributed by atoms with Crippen molar-refractivity contribution in [3.8, 4) is 0 Å². The summed E-state index contributed by atoms with van der Waals surface area (Å²) in [7, 11) is 1.61. The van der Waals surface area contributed by atoms with Crippen LogP contribution in [0.1, 0.15) is 30.4 Å². The fourth-order valence-corrected chi connectivity index (χ4v) is 1.67. The molecule has 0 aromatic carbocycles. The maximum absolute atomic E-state index is 12.0. The first-order chi connectivity index (χ1) is 8.32. The van der Waals surface area contributed by atoms with Crippen LogP contribution >= 0.6 is 0 Å². The Morgan fingerprint density at radius 3 is 2.50 bits per heavy atom. The predicted molar refractivity (Wildman–Crippen MR) is 64.2 cm³/mol. The van der Waals surface area contributed by atoms with Gasteiger partial charge in [0.1, 0.15) is 5.76 Å². The van der Waals surface area contributed by atoms with Crippen LogP contribution in [0.4, 0.5) is 0 Å². The lowest BCUT2D eigenvalue weighted by Gasteiger charge is -2.23. The van der Waals surface area contributed by atoms with Gasteiger partial charge in [0.05, 0.1) is 18.5 Å². The van der Waals surface area contributed by atoms with Crippen molar-refractivity contribution in [2.24, 2.45) is 0 Å². The molecule has 0 spiro atoms. The molecule has 1 aromatic heterocycles. The molecule has 1 atom stereocenters. The van der Waals surface area contributed by atoms with Crippen LogP contribution in [0.15, 0.2) is 4.52 Å². The Morgan fingerprint density at radius 1 is 1.44 bits per heavy atom. The number of rotatable bonds is 5. The van der Waals surface area contributed by atoms with Crippen molar-refractivity contribution in [3.63, 3.8) is 0 Å². The molecule has 0 fully saturated rings. The van der Waals surface area contributed by atoms with E-state index < -0.39 is 5.97 Å². The third-order valence-corrected chi connectivity index (χ3v) is 3.03. The molecule has 6 heteroatoms. The van der Waals surface area contributed by atoms with Crippen LogP contribution in [0.5, 0.6) is 0 Å². The summed E-state index contributed by atoms with van der Waals surface area (Å²) in [4.78, 5) is 24.0. The van der Waals surface area contributed by atoms with E-state index in [1.807, 2.05) is 0 Å². The third-order valence-electron chi connectivity index (χ3n) is 3.03. The molecule has 1 unspecified atom stereocenters. The van der Waals surface area contributed by atoms with Gasteiger partial charge in [0.25, 0.3) is 0 Å². The summed E-state index contributed by atoms with van der Waals surface area (Å²) in [6, 6.07) is -0.338. The number of amides is 1. The van der Waals surface area contributed by atoms with Gasteiger partial charge in [-0.25, -0.2) is 0 Å². The molecule has 0 aliphatic rings. The number of carbonyl (C=O) groups is 2. The zero-order valence-corrected chi connectivity index (χ0v) is 11.1. The van der Waals surface area contributed by atoms with Crippen LogP contribution in [0.3, 0.4) is 0 Å². The van der Waals surface area contributed by atoms with Crippen LogP contribution in [-0.4, -0.2) is 40.1 Å². The van der Waals surface area contributed by atoms with E-state index in [1.54, 1.807) is 27.8 Å². The first-order valence-electron chi connectivity index (χ1n) is 5.72. The molecule has 18 heavy (non-hydrogen) atoms. The van der Waals surface area contributed by atoms with Crippen LogP contribution in [-0.2, 0) is 16.0 Å². The van der Waals surface area contributed by atoms with E-state index in [0.29, 0.717) is 11.5 Å². The largest absolute Gasteiger partial charge is 0.481 e. The second kappa shape index (κ2) is 5.66. The molecule has 1 heterocycles. The summed E-state index contributed by atoms with van der Waals surface area (Å²) in [6.07, 6.45) is 0.117. The first kappa shape index (κ1) is 14.2. The van der Waals surface area contributed by atoms with Crippen LogP contribution in [0.25, 0.3) is 0 Å². The molecule has 0 aliphatic heterocycles. The van der Waals surface area contributed by atoms with Crippen LogP contribution < -0.4 is 0 Å². The molecule has 0 saturated heterocycles. The van der Waals surface area contributed by atoms with Crippen molar-refractivity contribution in [1.29, 1.82) is 0 Å². The Labute approximate surface area is 106 Å². The number of aliphatic carboxylic acids is 1. The highest BCUT2D eigenvalue weighted by Gasteiger charge is 2.21. The summed E-state index contributed by atoms with van der Waals surface area (Å²) in [5, 5.41) is 12.5. The minimum Gasteiger partial charge on any atom is -0.481 e. The maximum Gasteiger partial charge on any atom is 0.305 e. The molecule has 1 aromatic rings. The smallest absolute Gasteiger partial charge is 0.305 e. The average molecular weight is 254 g/mol. The summed E-state index contributed by atoms with van der Waals surface area (Å²) in [6.45, 7) is 5.24. The Balaban J connectivity index is 2.68. The zero-order valence-electron chi connectivity index (χ0n) is 11.1. The Hall–Kier alpha value is -1.85. The third kappa shape index (κ3) is 3.32. The number of hydrogen-bond acceptors (Lipinski definition) is 4. The summed E-state index contributed by atoms with van der Waals surface area (Å²) < 4.78 is 4.99. The monoisotopic (exact) mass is 254 g/mol. The highest BCUT2D eigenvalue weighted by molar-refractivity contribution is 5.80. The summed E-state index contributed by atoms with van der Waals surface area (Å²) in [5.41, 5.74) is 1.47. The minimum atomic E-state index is -0.917. The molecule has 0 aliphatic carbocycles. The fraction of sp³-hybridized carbons (Fsp3) is 0.583. The van der Waals surface area contributed by atoms with Gasteiger partial charge in [0.15, 0.2) is 0 Å². The predicted octanol–water partition coefficient (Wildman–Crippen LogP) is 1.16. The van der Waals surface area contributed by atoms with Gasteiger partial charge in [-0.05, 0) is 20.8 Å². The molecule has 1 rings (SSSR count). The van der Waals surface area contributed by atoms with E-state index in [0.717, 1.165) is 5.56 Å². The van der Waals surface area contributed by atoms with Gasteiger partial charge in [-0.1, -0.05) is 5.16 Å². The van der Waals surface area contributed by atoms with Crippen molar-refractivity contribution in [2.75, 3.05) is 7.05 Å².